The predicted molar refractivity (Wildman–Crippen MR) is 79.3 cm³/mol. The largest absolute Gasteiger partial charge is 0.480 e. The van der Waals surface area contributed by atoms with Gasteiger partial charge < -0.3 is 14.9 Å². The smallest absolute Gasteiger partial charge is 0.323 e. The lowest BCUT2D eigenvalue weighted by Gasteiger charge is -2.34. The first-order valence-electron chi connectivity index (χ1n) is 7.68. The topological polar surface area (TPSA) is 86.6 Å². The van der Waals surface area contributed by atoms with Crippen molar-refractivity contribution in [2.45, 2.75) is 31.7 Å². The Kier molecular flexibility index (Phi) is 4.22. The lowest BCUT2D eigenvalue weighted by atomic mass is 9.95. The minimum absolute atomic E-state index is 0.00342. The summed E-state index contributed by atoms with van der Waals surface area (Å²) in [5.41, 5.74) is 0. The van der Waals surface area contributed by atoms with Gasteiger partial charge in [-0.1, -0.05) is 0 Å². The highest BCUT2D eigenvalue weighted by atomic mass is 16.4. The van der Waals surface area contributed by atoms with Crippen LogP contribution in [0.4, 0.5) is 5.82 Å². The lowest BCUT2D eigenvalue weighted by molar-refractivity contribution is -0.147. The fraction of sp³-hybridized carbons (Fsp3) is 0.600. The molecule has 0 bridgehead atoms. The van der Waals surface area contributed by atoms with E-state index in [-0.39, 0.29) is 24.4 Å². The molecular formula is C15H20N4O3. The fourth-order valence-corrected chi connectivity index (χ4v) is 2.96. The Morgan fingerprint density at radius 3 is 2.50 bits per heavy atom. The second-order valence-corrected chi connectivity index (χ2v) is 5.92. The second-order valence-electron chi connectivity index (χ2n) is 5.92. The Bertz CT molecular complexity index is 539. The normalized spacial score (nSPS) is 19.0. The van der Waals surface area contributed by atoms with Crippen molar-refractivity contribution in [1.82, 2.24) is 14.9 Å². The van der Waals surface area contributed by atoms with Crippen LogP contribution in [0.3, 0.4) is 0 Å². The van der Waals surface area contributed by atoms with E-state index in [2.05, 4.69) is 14.9 Å². The minimum atomic E-state index is -0.933. The van der Waals surface area contributed by atoms with Crippen molar-refractivity contribution in [3.8, 4) is 0 Å². The number of carboxylic acid groups (broad SMARTS) is 1. The third kappa shape index (κ3) is 3.35. The van der Waals surface area contributed by atoms with E-state index in [1.54, 1.807) is 23.5 Å². The molecule has 2 fully saturated rings. The summed E-state index contributed by atoms with van der Waals surface area (Å²) in [7, 11) is 0. The summed E-state index contributed by atoms with van der Waals surface area (Å²) in [6.07, 6.45) is 8.35. The van der Waals surface area contributed by atoms with Gasteiger partial charge in [-0.2, -0.15) is 0 Å². The van der Waals surface area contributed by atoms with E-state index in [0.717, 1.165) is 44.6 Å². The number of piperidine rings is 1. The van der Waals surface area contributed by atoms with Gasteiger partial charge in [0.2, 0.25) is 5.91 Å². The van der Waals surface area contributed by atoms with Crippen molar-refractivity contribution < 1.29 is 14.7 Å². The highest BCUT2D eigenvalue weighted by Gasteiger charge is 2.37. The molecule has 2 heterocycles. The van der Waals surface area contributed by atoms with Gasteiger partial charge in [0.15, 0.2) is 0 Å². The van der Waals surface area contributed by atoms with E-state index in [0.29, 0.717) is 0 Å². The van der Waals surface area contributed by atoms with Gasteiger partial charge in [-0.15, -0.1) is 0 Å². The zero-order chi connectivity index (χ0) is 15.5. The molecule has 0 spiro atoms. The Morgan fingerprint density at radius 2 is 1.95 bits per heavy atom. The summed E-state index contributed by atoms with van der Waals surface area (Å²) >= 11 is 0. The molecule has 7 nitrogen and oxygen atoms in total. The van der Waals surface area contributed by atoms with Crippen molar-refractivity contribution in [1.29, 1.82) is 0 Å². The third-order valence-corrected chi connectivity index (χ3v) is 4.29. The van der Waals surface area contributed by atoms with E-state index >= 15 is 0 Å². The molecular weight excluding hydrogens is 284 g/mol. The van der Waals surface area contributed by atoms with E-state index in [1.165, 1.54) is 0 Å². The standard InChI is InChI=1S/C15H20N4O3/c20-14(21)10-19(12-1-2-12)15(22)11-3-7-18(8-4-11)13-9-16-5-6-17-13/h5-6,9,11-12H,1-4,7-8,10H2,(H,20,21). The van der Waals surface area contributed by atoms with E-state index in [4.69, 9.17) is 5.11 Å². The molecule has 1 N–H and O–H groups in total. The van der Waals surface area contributed by atoms with Crippen LogP contribution >= 0.6 is 0 Å². The average Bonchev–Trinajstić information content (AvgIpc) is 3.38. The minimum Gasteiger partial charge on any atom is -0.480 e. The molecule has 1 saturated heterocycles. The molecule has 1 aliphatic heterocycles. The van der Waals surface area contributed by atoms with Gasteiger partial charge in [-0.05, 0) is 25.7 Å². The predicted octanol–water partition coefficient (Wildman–Crippen LogP) is 0.769. The van der Waals surface area contributed by atoms with Crippen LogP contribution in [0.5, 0.6) is 0 Å². The number of rotatable bonds is 5. The van der Waals surface area contributed by atoms with Gasteiger partial charge in [0.25, 0.3) is 0 Å². The second kappa shape index (κ2) is 6.29. The fourth-order valence-electron chi connectivity index (χ4n) is 2.96. The molecule has 1 aromatic heterocycles. The summed E-state index contributed by atoms with van der Waals surface area (Å²) < 4.78 is 0. The molecule has 1 saturated carbocycles. The Balaban J connectivity index is 1.58. The molecule has 7 heteroatoms. The molecule has 2 aliphatic rings. The van der Waals surface area contributed by atoms with Crippen LogP contribution in [0.15, 0.2) is 18.6 Å². The molecule has 0 aromatic carbocycles. The molecule has 1 amide bonds. The highest BCUT2D eigenvalue weighted by Crippen LogP contribution is 2.30. The van der Waals surface area contributed by atoms with Crippen LogP contribution in [0.2, 0.25) is 0 Å². The first kappa shape index (κ1) is 14.7. The van der Waals surface area contributed by atoms with E-state index in [1.807, 2.05) is 0 Å². The van der Waals surface area contributed by atoms with Gasteiger partial charge in [0, 0.05) is 37.4 Å². The molecule has 118 valence electrons. The van der Waals surface area contributed by atoms with Crippen LogP contribution in [-0.2, 0) is 9.59 Å². The molecule has 1 aromatic rings. The molecule has 3 rings (SSSR count). The summed E-state index contributed by atoms with van der Waals surface area (Å²) in [5.74, 6) is -0.174. The van der Waals surface area contributed by atoms with E-state index < -0.39 is 5.97 Å². The Labute approximate surface area is 129 Å². The number of hydrogen-bond donors (Lipinski definition) is 1. The molecule has 0 radical (unpaired) electrons. The number of amides is 1. The van der Waals surface area contributed by atoms with Crippen LogP contribution in [0.25, 0.3) is 0 Å². The molecule has 0 unspecified atom stereocenters. The third-order valence-electron chi connectivity index (χ3n) is 4.29. The number of nitrogens with zero attached hydrogens (tertiary/aromatic N) is 4. The van der Waals surface area contributed by atoms with Gasteiger partial charge in [-0.3, -0.25) is 14.6 Å². The van der Waals surface area contributed by atoms with Crippen LogP contribution < -0.4 is 4.90 Å². The summed E-state index contributed by atoms with van der Waals surface area (Å²) in [6.45, 7) is 1.33. The summed E-state index contributed by atoms with van der Waals surface area (Å²) in [5, 5.41) is 8.98. The number of aliphatic carboxylic acids is 1. The number of hydrogen-bond acceptors (Lipinski definition) is 5. The quantitative estimate of drug-likeness (QED) is 0.864. The van der Waals surface area contributed by atoms with Crippen molar-refractivity contribution in [2.24, 2.45) is 5.92 Å². The maximum Gasteiger partial charge on any atom is 0.323 e. The van der Waals surface area contributed by atoms with Gasteiger partial charge in [-0.25, -0.2) is 4.98 Å². The van der Waals surface area contributed by atoms with Crippen LogP contribution in [-0.4, -0.2) is 57.5 Å². The molecule has 22 heavy (non-hydrogen) atoms. The number of carbonyl (C=O) groups is 2. The zero-order valence-corrected chi connectivity index (χ0v) is 12.4. The summed E-state index contributed by atoms with van der Waals surface area (Å²) in [4.78, 5) is 35.5. The maximum atomic E-state index is 12.6. The van der Waals surface area contributed by atoms with Crippen molar-refractivity contribution in [3.63, 3.8) is 0 Å². The monoisotopic (exact) mass is 304 g/mol. The van der Waals surface area contributed by atoms with E-state index in [9.17, 15) is 9.59 Å². The number of carboxylic acids is 1. The maximum absolute atomic E-state index is 12.6. The first-order chi connectivity index (χ1) is 10.6. The van der Waals surface area contributed by atoms with Gasteiger partial charge in [0.05, 0.1) is 6.20 Å². The summed E-state index contributed by atoms with van der Waals surface area (Å²) in [6, 6.07) is 0.140. The van der Waals surface area contributed by atoms with Crippen LogP contribution in [0, 0.1) is 5.92 Å². The highest BCUT2D eigenvalue weighted by molar-refractivity contribution is 5.84. The van der Waals surface area contributed by atoms with Crippen molar-refractivity contribution >= 4 is 17.7 Å². The van der Waals surface area contributed by atoms with Crippen molar-refractivity contribution in [2.75, 3.05) is 24.5 Å². The molecule has 1 aliphatic carbocycles. The van der Waals surface area contributed by atoms with Gasteiger partial charge in [0.1, 0.15) is 12.4 Å². The number of carbonyl (C=O) groups excluding carboxylic acids is 1. The number of aromatic nitrogens is 2. The van der Waals surface area contributed by atoms with Crippen LogP contribution in [0.1, 0.15) is 25.7 Å². The Morgan fingerprint density at radius 1 is 1.23 bits per heavy atom. The zero-order valence-electron chi connectivity index (χ0n) is 12.4. The first-order valence-corrected chi connectivity index (χ1v) is 7.68. The molecule has 0 atom stereocenters. The Hall–Kier alpha value is -2.18. The van der Waals surface area contributed by atoms with Crippen molar-refractivity contribution in [3.05, 3.63) is 18.6 Å². The SMILES string of the molecule is O=C(O)CN(C(=O)C1CCN(c2cnccn2)CC1)C1CC1. The van der Waals surface area contributed by atoms with Gasteiger partial charge >= 0.3 is 5.97 Å². The lowest BCUT2D eigenvalue weighted by Crippen LogP contribution is -2.45. The number of anilines is 1. The average molecular weight is 304 g/mol.